The number of carbonyl (C=O) groups excluding carboxylic acids is 1. The fourth-order valence-electron chi connectivity index (χ4n) is 11.8. The fourth-order valence-corrected chi connectivity index (χ4v) is 11.8. The van der Waals surface area contributed by atoms with Gasteiger partial charge in [0.15, 0.2) is 18.4 Å². The van der Waals surface area contributed by atoms with Crippen molar-refractivity contribution in [3.05, 3.63) is 11.6 Å². The molecule has 2 saturated heterocycles. The summed E-state index contributed by atoms with van der Waals surface area (Å²) in [5.74, 6) is 2.61. The summed E-state index contributed by atoms with van der Waals surface area (Å²) in [6.45, 7) is 11.4. The highest BCUT2D eigenvalue weighted by molar-refractivity contribution is 5.94. The lowest BCUT2D eigenvalue weighted by Crippen LogP contribution is -2.64. The number of carbonyl (C=O) groups is 1. The van der Waals surface area contributed by atoms with Crippen molar-refractivity contribution >= 4 is 5.78 Å². The molecule has 6 rings (SSSR count). The number of hydrogen-bond acceptors (Lipinski definition) is 12. The fraction of sp³-hybridized carbons (Fsp3) is 0.927. The van der Waals surface area contributed by atoms with Crippen molar-refractivity contribution in [2.75, 3.05) is 27.4 Å². The summed E-state index contributed by atoms with van der Waals surface area (Å²) in [5.41, 5.74) is 1.40. The van der Waals surface area contributed by atoms with Crippen LogP contribution in [0.15, 0.2) is 11.6 Å². The maximum absolute atomic E-state index is 14.2. The van der Waals surface area contributed by atoms with Crippen LogP contribution in [0.3, 0.4) is 0 Å². The molecule has 53 heavy (non-hydrogen) atoms. The van der Waals surface area contributed by atoms with Crippen molar-refractivity contribution in [2.45, 2.75) is 166 Å². The molecule has 6 aliphatic rings. The van der Waals surface area contributed by atoms with Crippen LogP contribution < -0.4 is 0 Å². The van der Waals surface area contributed by atoms with Crippen LogP contribution in [0.1, 0.15) is 98.8 Å². The van der Waals surface area contributed by atoms with Crippen molar-refractivity contribution in [2.24, 2.45) is 46.3 Å². The van der Waals surface area contributed by atoms with E-state index in [1.807, 2.05) is 6.08 Å². The second kappa shape index (κ2) is 16.8. The zero-order chi connectivity index (χ0) is 38.4. The maximum Gasteiger partial charge on any atom is 0.187 e. The average Bonchev–Trinajstić information content (AvgIpc) is 3.48. The molecular weight excluding hydrogens is 684 g/mol. The van der Waals surface area contributed by atoms with Crippen molar-refractivity contribution < 1.29 is 58.7 Å². The molecule has 12 nitrogen and oxygen atoms in total. The summed E-state index contributed by atoms with van der Waals surface area (Å²) in [6.07, 6.45) is -0.518. The smallest absolute Gasteiger partial charge is 0.187 e. The number of allylic oxidation sites excluding steroid dienone is 2. The number of ketones is 1. The van der Waals surface area contributed by atoms with Gasteiger partial charge in [-0.2, -0.15) is 0 Å². The summed E-state index contributed by atoms with van der Waals surface area (Å²) >= 11 is 0. The second-order valence-electron chi connectivity index (χ2n) is 18.1. The van der Waals surface area contributed by atoms with Crippen LogP contribution in [0.5, 0.6) is 0 Å². The van der Waals surface area contributed by atoms with Gasteiger partial charge in [0, 0.05) is 26.7 Å². The Balaban J connectivity index is 1.14. The van der Waals surface area contributed by atoms with Crippen molar-refractivity contribution in [3.8, 4) is 0 Å². The van der Waals surface area contributed by atoms with E-state index in [-0.39, 0.29) is 22.5 Å². The zero-order valence-corrected chi connectivity index (χ0v) is 33.0. The predicted octanol–water partition coefficient (Wildman–Crippen LogP) is 3.52. The van der Waals surface area contributed by atoms with E-state index in [9.17, 15) is 30.3 Å². The maximum atomic E-state index is 14.2. The van der Waals surface area contributed by atoms with E-state index in [4.69, 9.17) is 28.4 Å². The third kappa shape index (κ3) is 7.83. The Morgan fingerprint density at radius 2 is 1.55 bits per heavy atom. The minimum atomic E-state index is -1.55. The second-order valence-corrected chi connectivity index (χ2v) is 18.1. The molecule has 4 aliphatic carbocycles. The molecule has 5 N–H and O–H groups in total. The van der Waals surface area contributed by atoms with E-state index in [2.05, 4.69) is 27.7 Å². The summed E-state index contributed by atoms with van der Waals surface area (Å²) in [5, 5.41) is 53.3. The SMILES string of the molecule is COCC(C)CCCC(C)C1CCC2C3=CC(=O)C4CC(OC5OC(CO)C(O)C(O)C5OC5OC(C)C(O)C(OC)C5O)CCC4(C)C3CCC21C. The highest BCUT2D eigenvalue weighted by Crippen LogP contribution is 2.66. The van der Waals surface area contributed by atoms with E-state index >= 15 is 0 Å². The van der Waals surface area contributed by atoms with E-state index in [0.717, 1.165) is 25.9 Å². The third-order valence-corrected chi connectivity index (χ3v) is 14.9. The van der Waals surface area contributed by atoms with Gasteiger partial charge in [-0.3, -0.25) is 4.79 Å². The summed E-state index contributed by atoms with van der Waals surface area (Å²) in [7, 11) is 3.14. The molecule has 5 fully saturated rings. The van der Waals surface area contributed by atoms with Gasteiger partial charge < -0.3 is 54.0 Å². The van der Waals surface area contributed by atoms with Crippen LogP contribution in [-0.2, 0) is 33.2 Å². The van der Waals surface area contributed by atoms with Gasteiger partial charge in [0.25, 0.3) is 0 Å². The highest BCUT2D eigenvalue weighted by atomic mass is 16.8. The van der Waals surface area contributed by atoms with Gasteiger partial charge in [-0.1, -0.05) is 46.1 Å². The molecule has 0 spiro atoms. The van der Waals surface area contributed by atoms with Gasteiger partial charge in [-0.05, 0) is 105 Å². The molecule has 19 atom stereocenters. The predicted molar refractivity (Wildman–Crippen MR) is 194 cm³/mol. The van der Waals surface area contributed by atoms with Gasteiger partial charge in [0.2, 0.25) is 0 Å². The van der Waals surface area contributed by atoms with Gasteiger partial charge in [0.1, 0.15) is 42.7 Å². The molecule has 0 aromatic rings. The Morgan fingerprint density at radius 1 is 0.830 bits per heavy atom. The third-order valence-electron chi connectivity index (χ3n) is 14.9. The van der Waals surface area contributed by atoms with Gasteiger partial charge in [0.05, 0.1) is 18.8 Å². The largest absolute Gasteiger partial charge is 0.394 e. The molecule has 0 amide bonds. The number of aliphatic hydroxyl groups excluding tert-OH is 5. The first-order valence-corrected chi connectivity index (χ1v) is 20.4. The standard InChI is InChI=1S/C41H68O12/c1-21(20-48-6)9-8-10-22(2)26-11-12-27-25-18-30(43)29-17-24(13-15-41(29,5)28(25)14-16-40(26,27)4)51-39-37(34(46)33(45)31(19-42)52-39)53-38-35(47)36(49-7)32(44)23(3)50-38/h18,21-24,26-29,31-39,42,44-47H,8-17,19-20H2,1-7H3. The Morgan fingerprint density at radius 3 is 2.25 bits per heavy atom. The molecule has 2 heterocycles. The topological polar surface area (TPSA) is 174 Å². The molecule has 0 aromatic heterocycles. The molecular formula is C41H68O12. The molecule has 19 unspecified atom stereocenters. The van der Waals surface area contributed by atoms with Crippen molar-refractivity contribution in [1.29, 1.82) is 0 Å². The van der Waals surface area contributed by atoms with E-state index < -0.39 is 74.1 Å². The molecule has 0 bridgehead atoms. The van der Waals surface area contributed by atoms with Crippen molar-refractivity contribution in [1.82, 2.24) is 0 Å². The number of methoxy groups -OCH3 is 2. The lowest BCUT2D eigenvalue weighted by molar-refractivity contribution is -0.371. The van der Waals surface area contributed by atoms with E-state index in [1.54, 1.807) is 14.0 Å². The molecule has 0 radical (unpaired) electrons. The summed E-state index contributed by atoms with van der Waals surface area (Å²) in [6, 6.07) is 0. The van der Waals surface area contributed by atoms with Crippen LogP contribution in [0.2, 0.25) is 0 Å². The quantitative estimate of drug-likeness (QED) is 0.186. The number of hydrogen-bond donors (Lipinski definition) is 5. The highest BCUT2D eigenvalue weighted by Gasteiger charge is 2.60. The van der Waals surface area contributed by atoms with Crippen molar-refractivity contribution in [3.63, 3.8) is 0 Å². The molecule has 304 valence electrons. The summed E-state index contributed by atoms with van der Waals surface area (Å²) < 4.78 is 35.0. The van der Waals surface area contributed by atoms with Crippen LogP contribution in [-0.4, -0.2) is 126 Å². The minimum absolute atomic E-state index is 0.165. The lowest BCUT2D eigenvalue weighted by atomic mass is 9.47. The molecule has 2 aliphatic heterocycles. The van der Waals surface area contributed by atoms with Crippen LogP contribution >= 0.6 is 0 Å². The van der Waals surface area contributed by atoms with E-state index in [1.165, 1.54) is 44.8 Å². The molecule has 3 saturated carbocycles. The minimum Gasteiger partial charge on any atom is -0.394 e. The van der Waals surface area contributed by atoms with Gasteiger partial charge in [-0.25, -0.2) is 0 Å². The number of aliphatic hydroxyl groups is 5. The zero-order valence-electron chi connectivity index (χ0n) is 33.0. The van der Waals surface area contributed by atoms with Crippen LogP contribution in [0, 0.1) is 46.3 Å². The Bertz CT molecular complexity index is 1280. The Kier molecular flexibility index (Phi) is 13.2. The first-order chi connectivity index (χ1) is 25.2. The Labute approximate surface area is 315 Å². The van der Waals surface area contributed by atoms with E-state index in [0.29, 0.717) is 42.4 Å². The average molecular weight is 753 g/mol. The Hall–Kier alpha value is -1.03. The van der Waals surface area contributed by atoms with Gasteiger partial charge in [-0.15, -0.1) is 0 Å². The monoisotopic (exact) mass is 752 g/mol. The summed E-state index contributed by atoms with van der Waals surface area (Å²) in [4.78, 5) is 14.2. The first kappa shape index (κ1) is 41.6. The van der Waals surface area contributed by atoms with Crippen LogP contribution in [0.4, 0.5) is 0 Å². The lowest BCUT2D eigenvalue weighted by Gasteiger charge is -2.57. The number of rotatable bonds is 13. The van der Waals surface area contributed by atoms with Crippen LogP contribution in [0.25, 0.3) is 0 Å². The van der Waals surface area contributed by atoms with Gasteiger partial charge >= 0.3 is 0 Å². The molecule has 12 heteroatoms. The molecule has 0 aromatic carbocycles. The normalized spacial score (nSPS) is 48.3. The number of ether oxygens (including phenoxy) is 6. The first-order valence-electron chi connectivity index (χ1n) is 20.4. The number of fused-ring (bicyclic) bond motifs is 5.